The zero-order valence-electron chi connectivity index (χ0n) is 8.80. The van der Waals surface area contributed by atoms with Crippen LogP contribution in [0.5, 0.6) is 0 Å². The number of hydrogen-bond acceptors (Lipinski definition) is 2. The minimum atomic E-state index is 0.574. The molecule has 0 bridgehead atoms. The average molecular weight is 188 g/mol. The Morgan fingerprint density at radius 3 is 2.86 bits per heavy atom. The second-order valence-corrected chi connectivity index (χ2v) is 3.51. The first kappa shape index (κ1) is 10.7. The largest absolute Gasteiger partial charge is 0.312 e. The van der Waals surface area contributed by atoms with E-state index in [1.54, 1.807) is 0 Å². The van der Waals surface area contributed by atoms with Crippen LogP contribution in [0.15, 0.2) is 18.2 Å². The van der Waals surface area contributed by atoms with Crippen LogP contribution in [0.2, 0.25) is 0 Å². The number of rotatable bonds is 4. The van der Waals surface area contributed by atoms with Gasteiger partial charge in [0, 0.05) is 19.5 Å². The van der Waals surface area contributed by atoms with E-state index in [0.717, 1.165) is 13.1 Å². The zero-order valence-corrected chi connectivity index (χ0v) is 8.80. The van der Waals surface area contributed by atoms with Gasteiger partial charge in [0.05, 0.1) is 6.07 Å². The summed E-state index contributed by atoms with van der Waals surface area (Å²) in [5, 5.41) is 11.6. The Kier molecular flexibility index (Phi) is 4.15. The number of benzene rings is 1. The summed E-state index contributed by atoms with van der Waals surface area (Å²) in [7, 11) is 0. The summed E-state index contributed by atoms with van der Waals surface area (Å²) in [6, 6.07) is 8.56. The summed E-state index contributed by atoms with van der Waals surface area (Å²) in [6.07, 6.45) is 0.574. The molecule has 0 fully saturated rings. The third kappa shape index (κ3) is 3.20. The second kappa shape index (κ2) is 5.41. The smallest absolute Gasteiger partial charge is 0.0635 e. The minimum Gasteiger partial charge on any atom is -0.312 e. The van der Waals surface area contributed by atoms with Crippen LogP contribution in [0.4, 0.5) is 0 Å². The molecule has 0 unspecified atom stereocenters. The van der Waals surface area contributed by atoms with Crippen LogP contribution in [0.25, 0.3) is 0 Å². The average Bonchev–Trinajstić information content (AvgIpc) is 2.18. The Bertz CT molecular complexity index is 337. The van der Waals surface area contributed by atoms with Gasteiger partial charge in [-0.15, -0.1) is 0 Å². The highest BCUT2D eigenvalue weighted by molar-refractivity contribution is 5.30. The fourth-order valence-electron chi connectivity index (χ4n) is 1.36. The molecule has 2 heteroatoms. The quantitative estimate of drug-likeness (QED) is 0.736. The lowest BCUT2D eigenvalue weighted by Gasteiger charge is -2.07. The normalized spacial score (nSPS) is 9.79. The van der Waals surface area contributed by atoms with E-state index in [-0.39, 0.29) is 0 Å². The summed E-state index contributed by atoms with van der Waals surface area (Å²) in [5.74, 6) is 0. The zero-order chi connectivity index (χ0) is 10.4. The van der Waals surface area contributed by atoms with E-state index in [4.69, 9.17) is 5.26 Å². The first-order valence-electron chi connectivity index (χ1n) is 4.88. The topological polar surface area (TPSA) is 35.8 Å². The Hall–Kier alpha value is -1.33. The predicted molar refractivity (Wildman–Crippen MR) is 57.9 cm³/mol. The number of nitrogens with one attached hydrogen (secondary N) is 1. The monoisotopic (exact) mass is 188 g/mol. The number of nitriles is 1. The Labute approximate surface area is 85.6 Å². The van der Waals surface area contributed by atoms with Crippen LogP contribution in [0, 0.1) is 25.2 Å². The van der Waals surface area contributed by atoms with Gasteiger partial charge in [0.1, 0.15) is 0 Å². The molecule has 0 saturated heterocycles. The van der Waals surface area contributed by atoms with Gasteiger partial charge in [-0.2, -0.15) is 5.26 Å². The van der Waals surface area contributed by atoms with E-state index in [2.05, 4.69) is 43.4 Å². The van der Waals surface area contributed by atoms with E-state index < -0.39 is 0 Å². The molecular formula is C12H16N2. The highest BCUT2D eigenvalue weighted by atomic mass is 14.8. The maximum atomic E-state index is 8.37. The van der Waals surface area contributed by atoms with Crippen molar-refractivity contribution in [3.05, 3.63) is 34.9 Å². The van der Waals surface area contributed by atoms with Crippen molar-refractivity contribution in [3.8, 4) is 6.07 Å². The summed E-state index contributed by atoms with van der Waals surface area (Å²) >= 11 is 0. The van der Waals surface area contributed by atoms with Crippen molar-refractivity contribution < 1.29 is 0 Å². The SMILES string of the molecule is Cc1ccc(C)c(CNCCC#N)c1. The molecule has 0 amide bonds. The van der Waals surface area contributed by atoms with Gasteiger partial charge in [0.25, 0.3) is 0 Å². The predicted octanol–water partition coefficient (Wildman–Crippen LogP) is 2.31. The third-order valence-corrected chi connectivity index (χ3v) is 2.23. The van der Waals surface area contributed by atoms with E-state index in [1.165, 1.54) is 16.7 Å². The van der Waals surface area contributed by atoms with Crippen molar-refractivity contribution in [2.24, 2.45) is 0 Å². The summed E-state index contributed by atoms with van der Waals surface area (Å²) in [4.78, 5) is 0. The first-order chi connectivity index (χ1) is 6.74. The molecule has 0 saturated carbocycles. The van der Waals surface area contributed by atoms with Crippen molar-refractivity contribution in [2.45, 2.75) is 26.8 Å². The van der Waals surface area contributed by atoms with Crippen molar-refractivity contribution in [2.75, 3.05) is 6.54 Å². The van der Waals surface area contributed by atoms with Gasteiger partial charge in [0.2, 0.25) is 0 Å². The molecular weight excluding hydrogens is 172 g/mol. The molecule has 0 aliphatic heterocycles. The van der Waals surface area contributed by atoms with Crippen molar-refractivity contribution in [1.82, 2.24) is 5.32 Å². The molecule has 1 aromatic rings. The summed E-state index contributed by atoms with van der Waals surface area (Å²) < 4.78 is 0. The molecule has 1 N–H and O–H groups in total. The van der Waals surface area contributed by atoms with E-state index in [9.17, 15) is 0 Å². The summed E-state index contributed by atoms with van der Waals surface area (Å²) in [6.45, 7) is 5.83. The van der Waals surface area contributed by atoms with E-state index in [1.807, 2.05) is 0 Å². The van der Waals surface area contributed by atoms with Crippen LogP contribution in [-0.2, 0) is 6.54 Å². The molecule has 0 radical (unpaired) electrons. The molecule has 74 valence electrons. The van der Waals surface area contributed by atoms with E-state index in [0.29, 0.717) is 6.42 Å². The maximum absolute atomic E-state index is 8.37. The fraction of sp³-hybridized carbons (Fsp3) is 0.417. The van der Waals surface area contributed by atoms with Crippen LogP contribution in [-0.4, -0.2) is 6.54 Å². The van der Waals surface area contributed by atoms with Crippen LogP contribution < -0.4 is 5.32 Å². The molecule has 0 aromatic heterocycles. The highest BCUT2D eigenvalue weighted by Crippen LogP contribution is 2.09. The lowest BCUT2D eigenvalue weighted by Crippen LogP contribution is -2.14. The van der Waals surface area contributed by atoms with Crippen molar-refractivity contribution in [3.63, 3.8) is 0 Å². The van der Waals surface area contributed by atoms with Gasteiger partial charge in [-0.1, -0.05) is 23.8 Å². The van der Waals surface area contributed by atoms with Gasteiger partial charge in [0.15, 0.2) is 0 Å². The molecule has 1 aromatic carbocycles. The van der Waals surface area contributed by atoms with Crippen molar-refractivity contribution in [1.29, 1.82) is 5.26 Å². The van der Waals surface area contributed by atoms with Gasteiger partial charge in [-0.25, -0.2) is 0 Å². The third-order valence-electron chi connectivity index (χ3n) is 2.23. The van der Waals surface area contributed by atoms with Crippen LogP contribution in [0.1, 0.15) is 23.1 Å². The minimum absolute atomic E-state index is 0.574. The van der Waals surface area contributed by atoms with Gasteiger partial charge in [-0.05, 0) is 25.0 Å². The van der Waals surface area contributed by atoms with Gasteiger partial charge >= 0.3 is 0 Å². The highest BCUT2D eigenvalue weighted by Gasteiger charge is 1.97. The summed E-state index contributed by atoms with van der Waals surface area (Å²) in [5.41, 5.74) is 3.91. The first-order valence-corrected chi connectivity index (χ1v) is 4.88. The van der Waals surface area contributed by atoms with Crippen molar-refractivity contribution >= 4 is 0 Å². The Morgan fingerprint density at radius 2 is 2.14 bits per heavy atom. The molecule has 14 heavy (non-hydrogen) atoms. The second-order valence-electron chi connectivity index (χ2n) is 3.51. The molecule has 0 atom stereocenters. The number of nitrogens with zero attached hydrogens (tertiary/aromatic N) is 1. The molecule has 0 spiro atoms. The van der Waals surface area contributed by atoms with Gasteiger partial charge < -0.3 is 5.32 Å². The van der Waals surface area contributed by atoms with Crippen LogP contribution >= 0.6 is 0 Å². The fourth-order valence-corrected chi connectivity index (χ4v) is 1.36. The molecule has 0 aliphatic carbocycles. The molecule has 0 heterocycles. The molecule has 1 rings (SSSR count). The standard InChI is InChI=1S/C12H16N2/c1-10-4-5-11(2)12(8-10)9-14-7-3-6-13/h4-5,8,14H,3,7,9H2,1-2H3. The Balaban J connectivity index is 2.50. The Morgan fingerprint density at radius 1 is 1.36 bits per heavy atom. The molecule has 0 aliphatic rings. The van der Waals surface area contributed by atoms with E-state index >= 15 is 0 Å². The lowest BCUT2D eigenvalue weighted by atomic mass is 10.1. The maximum Gasteiger partial charge on any atom is 0.0635 e. The lowest BCUT2D eigenvalue weighted by molar-refractivity contribution is 0.696. The number of hydrogen-bond donors (Lipinski definition) is 1. The van der Waals surface area contributed by atoms with Crippen LogP contribution in [0.3, 0.4) is 0 Å². The van der Waals surface area contributed by atoms with Gasteiger partial charge in [-0.3, -0.25) is 0 Å². The molecule has 2 nitrogen and oxygen atoms in total. The number of aryl methyl sites for hydroxylation is 2.